The van der Waals surface area contributed by atoms with Crippen LogP contribution in [0.1, 0.15) is 26.2 Å². The van der Waals surface area contributed by atoms with E-state index < -0.39 is 0 Å². The zero-order valence-electron chi connectivity index (χ0n) is 6.17. The van der Waals surface area contributed by atoms with Gasteiger partial charge in [0.15, 0.2) is 0 Å². The van der Waals surface area contributed by atoms with Gasteiger partial charge in [0.2, 0.25) is 6.41 Å². The molecule has 0 aromatic rings. The van der Waals surface area contributed by atoms with Crippen molar-refractivity contribution in [1.29, 1.82) is 0 Å². The fourth-order valence-corrected chi connectivity index (χ4v) is 0.702. The van der Waals surface area contributed by atoms with Crippen LogP contribution in [0, 0.1) is 0 Å². The third-order valence-electron chi connectivity index (χ3n) is 1.32. The number of aldehydes is 1. The van der Waals surface area contributed by atoms with E-state index in [1.54, 1.807) is 0 Å². The van der Waals surface area contributed by atoms with Crippen LogP contribution in [0.5, 0.6) is 0 Å². The molecule has 0 heterocycles. The normalized spacial score (nSPS) is 12.1. The van der Waals surface area contributed by atoms with E-state index in [0.29, 0.717) is 6.41 Å². The molecule has 3 heteroatoms. The summed E-state index contributed by atoms with van der Waals surface area (Å²) < 4.78 is 0. The lowest BCUT2D eigenvalue weighted by Gasteiger charge is -2.05. The molecule has 0 saturated carbocycles. The molecule has 58 valence electrons. The number of hydrogen-bond donors (Lipinski definition) is 1. The maximum atomic E-state index is 10.2. The van der Waals surface area contributed by atoms with E-state index in [1.165, 1.54) is 0 Å². The first-order chi connectivity index (χ1) is 4.85. The summed E-state index contributed by atoms with van der Waals surface area (Å²) in [6, 6.07) is -0.280. The predicted molar refractivity (Wildman–Crippen MR) is 38.6 cm³/mol. The van der Waals surface area contributed by atoms with Gasteiger partial charge < -0.3 is 10.1 Å². The number of hydrogen-bond acceptors (Lipinski definition) is 2. The van der Waals surface area contributed by atoms with Gasteiger partial charge in [0.1, 0.15) is 6.29 Å². The van der Waals surface area contributed by atoms with Crippen molar-refractivity contribution in [2.24, 2.45) is 0 Å². The summed E-state index contributed by atoms with van der Waals surface area (Å²) in [4.78, 5) is 20.0. The van der Waals surface area contributed by atoms with E-state index in [-0.39, 0.29) is 6.04 Å². The molecule has 0 aliphatic rings. The predicted octanol–water partition coefficient (Wildman–Crippen LogP) is 0.490. The summed E-state index contributed by atoms with van der Waals surface area (Å²) in [5, 5.41) is 2.42. The van der Waals surface area contributed by atoms with Gasteiger partial charge in [0, 0.05) is 0 Å². The van der Waals surface area contributed by atoms with Gasteiger partial charge in [-0.25, -0.2) is 0 Å². The number of carbonyl (C=O) groups excluding carboxylic acids is 2. The maximum Gasteiger partial charge on any atom is 0.207 e. The van der Waals surface area contributed by atoms with E-state index in [1.807, 2.05) is 6.92 Å². The first kappa shape index (κ1) is 9.14. The standard InChI is InChI=1S/C7H13NO2/c1-2-3-4-7(5-9)8-6-10/h5-7H,2-4H2,1H3,(H,8,10)/t7-/m0/s1. The highest BCUT2D eigenvalue weighted by molar-refractivity contribution is 5.63. The number of carbonyl (C=O) groups is 2. The van der Waals surface area contributed by atoms with Gasteiger partial charge in [-0.05, 0) is 6.42 Å². The summed E-state index contributed by atoms with van der Waals surface area (Å²) >= 11 is 0. The zero-order chi connectivity index (χ0) is 7.82. The van der Waals surface area contributed by atoms with Crippen molar-refractivity contribution in [1.82, 2.24) is 5.32 Å². The molecule has 0 aliphatic carbocycles. The van der Waals surface area contributed by atoms with Crippen LogP contribution in [0.15, 0.2) is 0 Å². The Morgan fingerprint density at radius 3 is 2.60 bits per heavy atom. The average Bonchev–Trinajstić information content (AvgIpc) is 1.98. The molecule has 0 rings (SSSR count). The van der Waals surface area contributed by atoms with Crippen LogP contribution < -0.4 is 5.32 Å². The second kappa shape index (κ2) is 6.26. The van der Waals surface area contributed by atoms with Gasteiger partial charge in [-0.1, -0.05) is 19.8 Å². The number of rotatable bonds is 6. The molecule has 0 radical (unpaired) electrons. The molecule has 0 aromatic carbocycles. The van der Waals surface area contributed by atoms with Gasteiger partial charge in [-0.15, -0.1) is 0 Å². The van der Waals surface area contributed by atoms with Gasteiger partial charge in [-0.3, -0.25) is 4.79 Å². The third kappa shape index (κ3) is 4.06. The van der Waals surface area contributed by atoms with Gasteiger partial charge in [-0.2, -0.15) is 0 Å². The first-order valence-corrected chi connectivity index (χ1v) is 3.50. The Hall–Kier alpha value is -0.860. The Morgan fingerprint density at radius 1 is 1.50 bits per heavy atom. The first-order valence-electron chi connectivity index (χ1n) is 3.50. The second-order valence-electron chi connectivity index (χ2n) is 2.17. The number of amides is 1. The molecule has 10 heavy (non-hydrogen) atoms. The Bertz CT molecular complexity index is 104. The number of unbranched alkanes of at least 4 members (excludes halogenated alkanes) is 1. The van der Waals surface area contributed by atoms with Crippen molar-refractivity contribution >= 4 is 12.7 Å². The third-order valence-corrected chi connectivity index (χ3v) is 1.32. The van der Waals surface area contributed by atoms with Crippen LogP contribution >= 0.6 is 0 Å². The highest BCUT2D eigenvalue weighted by Crippen LogP contribution is 1.96. The van der Waals surface area contributed by atoms with Crippen LogP contribution in [0.25, 0.3) is 0 Å². The SMILES string of the molecule is CCCC[C@@H](C=O)NC=O. The lowest BCUT2D eigenvalue weighted by molar-refractivity contribution is -0.115. The summed E-state index contributed by atoms with van der Waals surface area (Å²) in [6.45, 7) is 2.04. The van der Waals surface area contributed by atoms with Crippen molar-refractivity contribution in [2.75, 3.05) is 0 Å². The lowest BCUT2D eigenvalue weighted by atomic mass is 10.1. The van der Waals surface area contributed by atoms with Gasteiger partial charge >= 0.3 is 0 Å². The van der Waals surface area contributed by atoms with Crippen LogP contribution in [0.3, 0.4) is 0 Å². The second-order valence-corrected chi connectivity index (χ2v) is 2.17. The van der Waals surface area contributed by atoms with Crippen LogP contribution in [-0.4, -0.2) is 18.7 Å². The monoisotopic (exact) mass is 143 g/mol. The topological polar surface area (TPSA) is 46.2 Å². The summed E-state index contributed by atoms with van der Waals surface area (Å²) in [7, 11) is 0. The van der Waals surface area contributed by atoms with E-state index >= 15 is 0 Å². The van der Waals surface area contributed by atoms with Gasteiger partial charge in [0.05, 0.1) is 6.04 Å². The minimum atomic E-state index is -0.280. The summed E-state index contributed by atoms with van der Waals surface area (Å²) in [5.41, 5.74) is 0. The molecule has 0 aromatic heterocycles. The van der Waals surface area contributed by atoms with Crippen LogP contribution in [0.2, 0.25) is 0 Å². The Morgan fingerprint density at radius 2 is 2.20 bits per heavy atom. The molecule has 0 spiro atoms. The fraction of sp³-hybridized carbons (Fsp3) is 0.714. The Kier molecular flexibility index (Phi) is 5.72. The Balaban J connectivity index is 3.38. The molecule has 3 nitrogen and oxygen atoms in total. The number of nitrogens with one attached hydrogen (secondary N) is 1. The smallest absolute Gasteiger partial charge is 0.207 e. The molecule has 1 atom stereocenters. The zero-order valence-corrected chi connectivity index (χ0v) is 6.17. The van der Waals surface area contributed by atoms with E-state index in [0.717, 1.165) is 25.5 Å². The molecule has 0 unspecified atom stereocenters. The lowest BCUT2D eigenvalue weighted by Crippen LogP contribution is -2.28. The highest BCUT2D eigenvalue weighted by Gasteiger charge is 2.02. The largest absolute Gasteiger partial charge is 0.349 e. The molecule has 0 fully saturated rings. The van der Waals surface area contributed by atoms with E-state index in [9.17, 15) is 9.59 Å². The molecule has 1 N–H and O–H groups in total. The molecule has 0 aliphatic heterocycles. The van der Waals surface area contributed by atoms with E-state index in [2.05, 4.69) is 5.32 Å². The van der Waals surface area contributed by atoms with Crippen LogP contribution in [0.4, 0.5) is 0 Å². The van der Waals surface area contributed by atoms with Crippen LogP contribution in [-0.2, 0) is 9.59 Å². The highest BCUT2D eigenvalue weighted by atomic mass is 16.1. The van der Waals surface area contributed by atoms with Crippen molar-refractivity contribution in [3.8, 4) is 0 Å². The fourth-order valence-electron chi connectivity index (χ4n) is 0.702. The maximum absolute atomic E-state index is 10.2. The van der Waals surface area contributed by atoms with Crippen molar-refractivity contribution < 1.29 is 9.59 Å². The molecular formula is C7H13NO2. The quantitative estimate of drug-likeness (QED) is 0.550. The Labute approximate surface area is 60.8 Å². The molecule has 1 amide bonds. The summed E-state index contributed by atoms with van der Waals surface area (Å²) in [6.07, 6.45) is 4.10. The average molecular weight is 143 g/mol. The minimum absolute atomic E-state index is 0.280. The van der Waals surface area contributed by atoms with Gasteiger partial charge in [0.25, 0.3) is 0 Å². The minimum Gasteiger partial charge on any atom is -0.349 e. The summed E-state index contributed by atoms with van der Waals surface area (Å²) in [5.74, 6) is 0. The van der Waals surface area contributed by atoms with Crippen molar-refractivity contribution in [3.05, 3.63) is 0 Å². The van der Waals surface area contributed by atoms with Crippen molar-refractivity contribution in [3.63, 3.8) is 0 Å². The van der Waals surface area contributed by atoms with E-state index in [4.69, 9.17) is 0 Å². The molecule has 0 saturated heterocycles. The molecule has 0 bridgehead atoms. The molecular weight excluding hydrogens is 130 g/mol. The van der Waals surface area contributed by atoms with Crippen molar-refractivity contribution in [2.45, 2.75) is 32.2 Å².